The second-order valence-electron chi connectivity index (χ2n) is 5.98. The highest BCUT2D eigenvalue weighted by molar-refractivity contribution is 8.00. The van der Waals surface area contributed by atoms with Crippen LogP contribution in [0.5, 0.6) is 11.5 Å². The van der Waals surface area contributed by atoms with Gasteiger partial charge in [0.2, 0.25) is 12.7 Å². The SMILES string of the molecule is COC(=O)CSCC=CCOCCc1nc(-c2ccc3c(c2)OCO3)oc1C. The van der Waals surface area contributed by atoms with E-state index >= 15 is 0 Å². The van der Waals surface area contributed by atoms with E-state index in [-0.39, 0.29) is 12.8 Å². The van der Waals surface area contributed by atoms with Crippen LogP contribution in [0.1, 0.15) is 11.5 Å². The van der Waals surface area contributed by atoms with Gasteiger partial charge >= 0.3 is 5.97 Å². The summed E-state index contributed by atoms with van der Waals surface area (Å²) < 4.78 is 26.7. The average molecular weight is 405 g/mol. The molecule has 8 heteroatoms. The van der Waals surface area contributed by atoms with Crippen molar-refractivity contribution in [2.24, 2.45) is 0 Å². The third-order valence-corrected chi connectivity index (χ3v) is 4.91. The molecule has 2 aromatic rings. The van der Waals surface area contributed by atoms with Crippen LogP contribution in [-0.2, 0) is 20.7 Å². The van der Waals surface area contributed by atoms with E-state index in [0.717, 1.165) is 28.5 Å². The van der Waals surface area contributed by atoms with Gasteiger partial charge in [0.15, 0.2) is 11.5 Å². The lowest BCUT2D eigenvalue weighted by Gasteiger charge is -2.00. The Morgan fingerprint density at radius 1 is 1.29 bits per heavy atom. The fourth-order valence-corrected chi connectivity index (χ4v) is 3.21. The predicted molar refractivity (Wildman–Crippen MR) is 106 cm³/mol. The number of methoxy groups -OCH3 is 1. The maximum atomic E-state index is 11.0. The molecular weight excluding hydrogens is 382 g/mol. The van der Waals surface area contributed by atoms with E-state index in [4.69, 9.17) is 18.6 Å². The molecule has 0 aliphatic carbocycles. The number of nitrogens with zero attached hydrogens (tertiary/aromatic N) is 1. The normalized spacial score (nSPS) is 12.6. The van der Waals surface area contributed by atoms with Gasteiger partial charge in [-0.2, -0.15) is 0 Å². The van der Waals surface area contributed by atoms with Crippen LogP contribution in [0.4, 0.5) is 0 Å². The number of carbonyl (C=O) groups is 1. The summed E-state index contributed by atoms with van der Waals surface area (Å²) in [6.45, 7) is 3.21. The number of thioether (sulfide) groups is 1. The van der Waals surface area contributed by atoms with E-state index in [2.05, 4.69) is 9.72 Å². The molecule has 1 aliphatic heterocycles. The zero-order chi connectivity index (χ0) is 19.8. The first-order valence-electron chi connectivity index (χ1n) is 8.91. The van der Waals surface area contributed by atoms with Gasteiger partial charge in [0.1, 0.15) is 5.76 Å². The van der Waals surface area contributed by atoms with Gasteiger partial charge in [-0.3, -0.25) is 4.79 Å². The number of hydrogen-bond acceptors (Lipinski definition) is 8. The van der Waals surface area contributed by atoms with Crippen LogP contribution in [0.25, 0.3) is 11.5 Å². The van der Waals surface area contributed by atoms with E-state index in [1.165, 1.54) is 18.9 Å². The van der Waals surface area contributed by atoms with E-state index in [1.807, 2.05) is 37.3 Å². The molecule has 1 aliphatic rings. The molecular formula is C20H23NO6S. The molecule has 28 heavy (non-hydrogen) atoms. The van der Waals surface area contributed by atoms with Crippen LogP contribution < -0.4 is 9.47 Å². The molecule has 0 fully saturated rings. The number of aryl methyl sites for hydroxylation is 1. The van der Waals surface area contributed by atoms with Gasteiger partial charge in [0, 0.05) is 17.7 Å². The van der Waals surface area contributed by atoms with Gasteiger partial charge in [-0.1, -0.05) is 12.2 Å². The summed E-state index contributed by atoms with van der Waals surface area (Å²) in [5, 5.41) is 0. The molecule has 1 aromatic heterocycles. The average Bonchev–Trinajstić information content (AvgIpc) is 3.32. The summed E-state index contributed by atoms with van der Waals surface area (Å²) >= 11 is 1.50. The van der Waals surface area contributed by atoms with Crippen molar-refractivity contribution in [3.63, 3.8) is 0 Å². The van der Waals surface area contributed by atoms with E-state index < -0.39 is 0 Å². The van der Waals surface area contributed by atoms with Crippen molar-refractivity contribution in [1.82, 2.24) is 4.98 Å². The molecule has 0 bridgehead atoms. The minimum Gasteiger partial charge on any atom is -0.468 e. The van der Waals surface area contributed by atoms with Crippen molar-refractivity contribution < 1.29 is 28.2 Å². The highest BCUT2D eigenvalue weighted by atomic mass is 32.2. The Hall–Kier alpha value is -2.45. The van der Waals surface area contributed by atoms with Crippen molar-refractivity contribution in [3.8, 4) is 23.0 Å². The number of rotatable bonds is 10. The summed E-state index contributed by atoms with van der Waals surface area (Å²) in [7, 11) is 1.39. The number of esters is 1. The molecule has 7 nitrogen and oxygen atoms in total. The summed E-state index contributed by atoms with van der Waals surface area (Å²) in [5.74, 6) is 3.68. The van der Waals surface area contributed by atoms with Crippen molar-refractivity contribution >= 4 is 17.7 Å². The number of oxazole rings is 1. The molecule has 0 saturated heterocycles. The molecule has 0 radical (unpaired) electrons. The molecule has 0 N–H and O–H groups in total. The van der Waals surface area contributed by atoms with E-state index in [0.29, 0.717) is 37.0 Å². The summed E-state index contributed by atoms with van der Waals surface area (Å²) in [6.07, 6.45) is 4.59. The number of fused-ring (bicyclic) bond motifs is 1. The van der Waals surface area contributed by atoms with E-state index in [9.17, 15) is 4.79 Å². The Labute approximate surface area is 168 Å². The molecule has 0 amide bonds. The number of benzene rings is 1. The Balaban J connectivity index is 1.40. The lowest BCUT2D eigenvalue weighted by atomic mass is 10.2. The quantitative estimate of drug-likeness (QED) is 0.338. The molecule has 1 aromatic carbocycles. The molecule has 0 unspecified atom stereocenters. The lowest BCUT2D eigenvalue weighted by Crippen LogP contribution is -2.03. The highest BCUT2D eigenvalue weighted by Crippen LogP contribution is 2.36. The number of aromatic nitrogens is 1. The predicted octanol–water partition coefficient (Wildman–Crippen LogP) is 3.40. The lowest BCUT2D eigenvalue weighted by molar-refractivity contribution is -0.137. The van der Waals surface area contributed by atoms with Gasteiger partial charge in [0.25, 0.3) is 0 Å². The zero-order valence-electron chi connectivity index (χ0n) is 15.9. The van der Waals surface area contributed by atoms with Gasteiger partial charge in [-0.05, 0) is 25.1 Å². The number of carbonyl (C=O) groups excluding carboxylic acids is 1. The third-order valence-electron chi connectivity index (χ3n) is 4.04. The van der Waals surface area contributed by atoms with Crippen LogP contribution in [0.3, 0.4) is 0 Å². The maximum absolute atomic E-state index is 11.0. The van der Waals surface area contributed by atoms with Gasteiger partial charge in [0.05, 0.1) is 31.8 Å². The summed E-state index contributed by atoms with van der Waals surface area (Å²) in [6, 6.07) is 5.63. The topological polar surface area (TPSA) is 80.0 Å². The second kappa shape index (κ2) is 10.2. The monoisotopic (exact) mass is 405 g/mol. The maximum Gasteiger partial charge on any atom is 0.315 e. The van der Waals surface area contributed by atoms with Gasteiger partial charge in [-0.15, -0.1) is 11.8 Å². The number of hydrogen-bond donors (Lipinski definition) is 0. The van der Waals surface area contributed by atoms with Gasteiger partial charge in [-0.25, -0.2) is 4.98 Å². The Morgan fingerprint density at radius 3 is 3.00 bits per heavy atom. The molecule has 3 rings (SSSR count). The first kappa shape index (κ1) is 20.3. The van der Waals surface area contributed by atoms with E-state index in [1.54, 1.807) is 0 Å². The Kier molecular flexibility index (Phi) is 7.39. The van der Waals surface area contributed by atoms with Crippen molar-refractivity contribution in [1.29, 1.82) is 0 Å². The Bertz CT molecular complexity index is 832. The minimum atomic E-state index is -0.210. The fourth-order valence-electron chi connectivity index (χ4n) is 2.54. The standard InChI is InChI=1S/C20H23NO6S/c1-14-16(7-9-24-8-3-4-10-28-12-19(22)23-2)21-20(27-14)15-5-6-17-18(11-15)26-13-25-17/h3-6,11H,7-10,12-13H2,1-2H3. The zero-order valence-corrected chi connectivity index (χ0v) is 16.8. The summed E-state index contributed by atoms with van der Waals surface area (Å²) in [4.78, 5) is 15.6. The second-order valence-corrected chi connectivity index (χ2v) is 7.01. The van der Waals surface area contributed by atoms with Crippen molar-refractivity contribution in [2.45, 2.75) is 13.3 Å². The minimum absolute atomic E-state index is 0.210. The van der Waals surface area contributed by atoms with Crippen LogP contribution in [0.2, 0.25) is 0 Å². The summed E-state index contributed by atoms with van der Waals surface area (Å²) in [5.41, 5.74) is 1.73. The highest BCUT2D eigenvalue weighted by Gasteiger charge is 2.17. The molecule has 2 heterocycles. The van der Waals surface area contributed by atoms with Crippen molar-refractivity contribution in [3.05, 3.63) is 41.8 Å². The fraction of sp³-hybridized carbons (Fsp3) is 0.400. The molecule has 0 saturated carbocycles. The van der Waals surface area contributed by atoms with Crippen LogP contribution in [0, 0.1) is 6.92 Å². The third kappa shape index (κ3) is 5.53. The first-order chi connectivity index (χ1) is 13.7. The largest absolute Gasteiger partial charge is 0.468 e. The van der Waals surface area contributed by atoms with Gasteiger partial charge < -0.3 is 23.4 Å². The van der Waals surface area contributed by atoms with Crippen LogP contribution in [-0.4, -0.2) is 49.6 Å². The van der Waals surface area contributed by atoms with Crippen molar-refractivity contribution in [2.75, 3.05) is 38.6 Å². The molecule has 150 valence electrons. The Morgan fingerprint density at radius 2 is 2.14 bits per heavy atom. The smallest absolute Gasteiger partial charge is 0.315 e. The molecule has 0 atom stereocenters. The first-order valence-corrected chi connectivity index (χ1v) is 10.1. The van der Waals surface area contributed by atoms with Crippen LogP contribution >= 0.6 is 11.8 Å². The molecule has 0 spiro atoms. The number of ether oxygens (including phenoxy) is 4. The van der Waals surface area contributed by atoms with Crippen LogP contribution in [0.15, 0.2) is 34.8 Å².